The van der Waals surface area contributed by atoms with E-state index in [0.29, 0.717) is 6.61 Å². The number of hydrogen-bond donors (Lipinski definition) is 1. The molecule has 0 saturated carbocycles. The van der Waals surface area contributed by atoms with E-state index in [1.54, 1.807) is 17.7 Å². The lowest BCUT2D eigenvalue weighted by Gasteiger charge is -2.17. The molecule has 4 rings (SSSR count). The van der Waals surface area contributed by atoms with Crippen LogP contribution in [0.5, 0.6) is 0 Å². The van der Waals surface area contributed by atoms with Crippen molar-refractivity contribution in [1.29, 1.82) is 0 Å². The lowest BCUT2D eigenvalue weighted by molar-refractivity contribution is 0.111. The fourth-order valence-corrected chi connectivity index (χ4v) is 3.51. The van der Waals surface area contributed by atoms with Gasteiger partial charge in [0.2, 0.25) is 0 Å². The molecule has 1 aromatic carbocycles. The third-order valence-electron chi connectivity index (χ3n) is 3.69. The Hall–Kier alpha value is -1.98. The summed E-state index contributed by atoms with van der Waals surface area (Å²) in [6.07, 6.45) is 2.61. The predicted octanol–water partition coefficient (Wildman–Crippen LogP) is 3.82. The quantitative estimate of drug-likeness (QED) is 0.781. The summed E-state index contributed by atoms with van der Waals surface area (Å²) < 4.78 is 5.52. The van der Waals surface area contributed by atoms with E-state index in [4.69, 9.17) is 4.74 Å². The van der Waals surface area contributed by atoms with Gasteiger partial charge in [0.25, 0.3) is 0 Å². The van der Waals surface area contributed by atoms with Crippen molar-refractivity contribution in [1.82, 2.24) is 9.97 Å². The Bertz CT molecular complexity index is 812. The van der Waals surface area contributed by atoms with Crippen LogP contribution in [-0.2, 0) is 17.8 Å². The van der Waals surface area contributed by atoms with E-state index in [2.05, 4.69) is 46.5 Å². The molecule has 1 aliphatic heterocycles. The molecule has 0 bridgehead atoms. The number of anilines is 2. The van der Waals surface area contributed by atoms with Gasteiger partial charge >= 0.3 is 0 Å². The van der Waals surface area contributed by atoms with Gasteiger partial charge in [-0.05, 0) is 42.7 Å². The first-order valence-electron chi connectivity index (χ1n) is 6.97. The highest BCUT2D eigenvalue weighted by molar-refractivity contribution is 7.18. The van der Waals surface area contributed by atoms with E-state index in [1.807, 2.05) is 0 Å². The first kappa shape index (κ1) is 12.7. The summed E-state index contributed by atoms with van der Waals surface area (Å²) in [5.41, 5.74) is 3.69. The van der Waals surface area contributed by atoms with Gasteiger partial charge in [-0.2, -0.15) is 0 Å². The Labute approximate surface area is 126 Å². The monoisotopic (exact) mass is 297 g/mol. The lowest BCUT2D eigenvalue weighted by atomic mass is 10.0. The number of nitrogens with one attached hydrogen (secondary N) is 1. The summed E-state index contributed by atoms with van der Waals surface area (Å²) in [6.45, 7) is 3.61. The van der Waals surface area contributed by atoms with Crippen molar-refractivity contribution in [3.8, 4) is 0 Å². The first-order valence-corrected chi connectivity index (χ1v) is 7.79. The fourth-order valence-electron chi connectivity index (χ4n) is 2.66. The van der Waals surface area contributed by atoms with Gasteiger partial charge in [-0.15, -0.1) is 11.3 Å². The van der Waals surface area contributed by atoms with Crippen LogP contribution in [-0.4, -0.2) is 16.6 Å². The van der Waals surface area contributed by atoms with Gasteiger partial charge in [0, 0.05) is 10.6 Å². The van der Waals surface area contributed by atoms with E-state index in [-0.39, 0.29) is 0 Å². The van der Waals surface area contributed by atoms with Crippen LogP contribution < -0.4 is 5.32 Å². The van der Waals surface area contributed by atoms with Gasteiger partial charge in [0.15, 0.2) is 0 Å². The molecule has 0 atom stereocenters. The molecule has 21 heavy (non-hydrogen) atoms. The highest BCUT2D eigenvalue weighted by atomic mass is 32.1. The fraction of sp³-hybridized carbons (Fsp3) is 0.250. The second kappa shape index (κ2) is 5.09. The topological polar surface area (TPSA) is 47.0 Å². The molecule has 0 spiro atoms. The van der Waals surface area contributed by atoms with E-state index in [1.165, 1.54) is 16.0 Å². The van der Waals surface area contributed by atoms with Crippen molar-refractivity contribution < 1.29 is 4.74 Å². The Morgan fingerprint density at radius 1 is 1.19 bits per heavy atom. The Morgan fingerprint density at radius 3 is 3.10 bits per heavy atom. The molecule has 106 valence electrons. The standard InChI is InChI=1S/C16H15N3OS/c1-10-6-14-15(17-9-18-16(14)21-10)19-13-3-2-11-4-5-20-8-12(11)7-13/h2-3,6-7,9H,4-5,8H2,1H3,(H,17,18,19). The van der Waals surface area contributed by atoms with E-state index >= 15 is 0 Å². The van der Waals surface area contributed by atoms with Gasteiger partial charge < -0.3 is 10.1 Å². The van der Waals surface area contributed by atoms with Crippen LogP contribution in [0.15, 0.2) is 30.6 Å². The maximum Gasteiger partial charge on any atom is 0.142 e. The Kier molecular flexibility index (Phi) is 3.09. The Balaban J connectivity index is 1.71. The molecule has 0 amide bonds. The SMILES string of the molecule is Cc1cc2c(Nc3ccc4c(c3)COCC4)ncnc2s1. The van der Waals surface area contributed by atoms with Crippen molar-refractivity contribution >= 4 is 33.1 Å². The average Bonchev–Trinajstić information content (AvgIpc) is 2.89. The summed E-state index contributed by atoms with van der Waals surface area (Å²) >= 11 is 1.69. The normalized spacial score (nSPS) is 14.1. The van der Waals surface area contributed by atoms with Gasteiger partial charge in [-0.25, -0.2) is 9.97 Å². The molecule has 4 nitrogen and oxygen atoms in total. The number of aromatic nitrogens is 2. The zero-order valence-corrected chi connectivity index (χ0v) is 12.5. The number of rotatable bonds is 2. The number of aryl methyl sites for hydroxylation is 1. The van der Waals surface area contributed by atoms with Gasteiger partial charge in [0.1, 0.15) is 17.0 Å². The first-order chi connectivity index (χ1) is 10.3. The predicted molar refractivity (Wildman–Crippen MR) is 85.2 cm³/mol. The summed E-state index contributed by atoms with van der Waals surface area (Å²) in [5, 5.41) is 4.49. The maximum absolute atomic E-state index is 5.52. The second-order valence-corrected chi connectivity index (χ2v) is 6.44. The summed E-state index contributed by atoms with van der Waals surface area (Å²) in [7, 11) is 0. The molecule has 1 aliphatic rings. The van der Waals surface area contributed by atoms with Crippen LogP contribution >= 0.6 is 11.3 Å². The molecular formula is C16H15N3OS. The molecule has 2 aromatic heterocycles. The minimum atomic E-state index is 0.696. The molecule has 0 unspecified atom stereocenters. The zero-order valence-electron chi connectivity index (χ0n) is 11.7. The van der Waals surface area contributed by atoms with E-state index < -0.39 is 0 Å². The van der Waals surface area contributed by atoms with Crippen molar-refractivity contribution in [3.63, 3.8) is 0 Å². The van der Waals surface area contributed by atoms with Gasteiger partial charge in [0.05, 0.1) is 18.6 Å². The van der Waals surface area contributed by atoms with Crippen molar-refractivity contribution in [2.24, 2.45) is 0 Å². The maximum atomic E-state index is 5.52. The minimum Gasteiger partial charge on any atom is -0.376 e. The molecule has 5 heteroatoms. The van der Waals surface area contributed by atoms with Crippen molar-refractivity contribution in [3.05, 3.63) is 46.6 Å². The molecule has 0 radical (unpaired) electrons. The van der Waals surface area contributed by atoms with Gasteiger partial charge in [-0.1, -0.05) is 6.07 Å². The van der Waals surface area contributed by atoms with Crippen molar-refractivity contribution in [2.75, 3.05) is 11.9 Å². The molecule has 1 N–H and O–H groups in total. The number of fused-ring (bicyclic) bond motifs is 2. The van der Waals surface area contributed by atoms with Crippen molar-refractivity contribution in [2.45, 2.75) is 20.0 Å². The van der Waals surface area contributed by atoms with Crippen LogP contribution in [0.25, 0.3) is 10.2 Å². The molecular weight excluding hydrogens is 282 g/mol. The van der Waals surface area contributed by atoms with E-state index in [9.17, 15) is 0 Å². The lowest BCUT2D eigenvalue weighted by Crippen LogP contribution is -2.09. The largest absolute Gasteiger partial charge is 0.376 e. The molecule has 3 heterocycles. The average molecular weight is 297 g/mol. The number of ether oxygens (including phenoxy) is 1. The molecule has 3 aromatic rings. The van der Waals surface area contributed by atoms with Crippen LogP contribution in [0.1, 0.15) is 16.0 Å². The number of hydrogen-bond acceptors (Lipinski definition) is 5. The summed E-state index contributed by atoms with van der Waals surface area (Å²) in [6, 6.07) is 8.57. The highest BCUT2D eigenvalue weighted by Crippen LogP contribution is 2.30. The van der Waals surface area contributed by atoms with Crippen LogP contribution in [0.2, 0.25) is 0 Å². The molecule has 0 saturated heterocycles. The zero-order chi connectivity index (χ0) is 14.2. The Morgan fingerprint density at radius 2 is 2.14 bits per heavy atom. The summed E-state index contributed by atoms with van der Waals surface area (Å²) in [5.74, 6) is 0.862. The third-order valence-corrected chi connectivity index (χ3v) is 4.65. The number of nitrogens with zero attached hydrogens (tertiary/aromatic N) is 2. The third kappa shape index (κ3) is 2.39. The smallest absolute Gasteiger partial charge is 0.142 e. The van der Waals surface area contributed by atoms with Gasteiger partial charge in [-0.3, -0.25) is 0 Å². The molecule has 0 aliphatic carbocycles. The number of thiophene rings is 1. The second-order valence-electron chi connectivity index (χ2n) is 5.21. The van der Waals surface area contributed by atoms with E-state index in [0.717, 1.165) is 34.7 Å². The van der Waals surface area contributed by atoms with Crippen LogP contribution in [0.4, 0.5) is 11.5 Å². The minimum absolute atomic E-state index is 0.696. The van der Waals surface area contributed by atoms with Crippen LogP contribution in [0.3, 0.4) is 0 Å². The molecule has 0 fully saturated rings. The number of benzene rings is 1. The summed E-state index contributed by atoms with van der Waals surface area (Å²) in [4.78, 5) is 11.0. The van der Waals surface area contributed by atoms with Crippen LogP contribution in [0, 0.1) is 6.92 Å². The highest BCUT2D eigenvalue weighted by Gasteiger charge is 2.11.